The standard InChI is InChI=1S/C16H20O2/c1-10-3-4-11(2)12(7-10)8-15(17)14-9-13-5-6-16(14)18-13/h3-4,7,13-14,16H,5-6,8-9H2,1-2H3. The van der Waals surface area contributed by atoms with E-state index in [4.69, 9.17) is 4.74 Å². The van der Waals surface area contributed by atoms with Gasteiger partial charge in [-0.2, -0.15) is 0 Å². The lowest BCUT2D eigenvalue weighted by Crippen LogP contribution is -2.26. The number of hydrogen-bond donors (Lipinski definition) is 0. The SMILES string of the molecule is Cc1ccc(C)c(CC(=O)C2CC3CCC2O3)c1. The summed E-state index contributed by atoms with van der Waals surface area (Å²) in [7, 11) is 0. The van der Waals surface area contributed by atoms with Crippen LogP contribution < -0.4 is 0 Å². The van der Waals surface area contributed by atoms with Crippen molar-refractivity contribution in [2.24, 2.45) is 5.92 Å². The number of carbonyl (C=O) groups excluding carboxylic acids is 1. The van der Waals surface area contributed by atoms with Gasteiger partial charge in [-0.25, -0.2) is 0 Å². The molecule has 0 spiro atoms. The highest BCUT2D eigenvalue weighted by Crippen LogP contribution is 2.39. The van der Waals surface area contributed by atoms with Gasteiger partial charge in [-0.15, -0.1) is 0 Å². The summed E-state index contributed by atoms with van der Waals surface area (Å²) in [5, 5.41) is 0. The van der Waals surface area contributed by atoms with E-state index in [0.717, 1.165) is 19.3 Å². The van der Waals surface area contributed by atoms with Crippen LogP contribution in [0.15, 0.2) is 18.2 Å². The van der Waals surface area contributed by atoms with Crippen molar-refractivity contribution in [1.82, 2.24) is 0 Å². The van der Waals surface area contributed by atoms with E-state index in [0.29, 0.717) is 18.3 Å². The Hall–Kier alpha value is -1.15. The summed E-state index contributed by atoms with van der Waals surface area (Å²) < 4.78 is 5.78. The first-order valence-corrected chi connectivity index (χ1v) is 6.88. The molecule has 3 unspecified atom stereocenters. The number of Topliss-reactive ketones (excluding diaryl/α,β-unsaturated/α-hetero) is 1. The molecule has 3 atom stereocenters. The van der Waals surface area contributed by atoms with E-state index < -0.39 is 0 Å². The number of carbonyl (C=O) groups is 1. The maximum atomic E-state index is 12.4. The van der Waals surface area contributed by atoms with E-state index in [-0.39, 0.29) is 12.0 Å². The summed E-state index contributed by atoms with van der Waals surface area (Å²) in [5.74, 6) is 0.527. The van der Waals surface area contributed by atoms with Crippen molar-refractivity contribution in [3.8, 4) is 0 Å². The molecule has 0 radical (unpaired) electrons. The molecule has 2 bridgehead atoms. The summed E-state index contributed by atoms with van der Waals surface area (Å²) in [6.45, 7) is 4.16. The molecular weight excluding hydrogens is 224 g/mol. The van der Waals surface area contributed by atoms with Crippen LogP contribution in [0.4, 0.5) is 0 Å². The third kappa shape index (κ3) is 2.10. The Morgan fingerprint density at radius 2 is 2.17 bits per heavy atom. The zero-order chi connectivity index (χ0) is 12.7. The zero-order valence-corrected chi connectivity index (χ0v) is 11.1. The van der Waals surface area contributed by atoms with E-state index in [1.165, 1.54) is 16.7 Å². The molecular formula is C16H20O2. The van der Waals surface area contributed by atoms with Gasteiger partial charge in [0.1, 0.15) is 5.78 Å². The summed E-state index contributed by atoms with van der Waals surface area (Å²) in [6.07, 6.45) is 4.33. The van der Waals surface area contributed by atoms with Crippen molar-refractivity contribution in [1.29, 1.82) is 0 Å². The number of ketones is 1. The monoisotopic (exact) mass is 244 g/mol. The van der Waals surface area contributed by atoms with Gasteiger partial charge in [0.05, 0.1) is 12.2 Å². The summed E-state index contributed by atoms with van der Waals surface area (Å²) in [5.41, 5.74) is 3.63. The fourth-order valence-corrected chi connectivity index (χ4v) is 3.29. The van der Waals surface area contributed by atoms with Crippen LogP contribution in [0.2, 0.25) is 0 Å². The second kappa shape index (κ2) is 4.51. The molecule has 1 aromatic carbocycles. The molecule has 1 aromatic rings. The number of hydrogen-bond acceptors (Lipinski definition) is 2. The predicted octanol–water partition coefficient (Wildman–Crippen LogP) is 2.98. The number of benzene rings is 1. The Balaban J connectivity index is 1.72. The second-order valence-electron chi connectivity index (χ2n) is 5.79. The van der Waals surface area contributed by atoms with Gasteiger partial charge in [-0.3, -0.25) is 4.79 Å². The van der Waals surface area contributed by atoms with Crippen molar-refractivity contribution >= 4 is 5.78 Å². The van der Waals surface area contributed by atoms with Crippen LogP contribution in [0.3, 0.4) is 0 Å². The molecule has 3 rings (SSSR count). The zero-order valence-electron chi connectivity index (χ0n) is 11.1. The van der Waals surface area contributed by atoms with Crippen molar-refractivity contribution in [3.63, 3.8) is 0 Å². The van der Waals surface area contributed by atoms with Crippen LogP contribution in [0.5, 0.6) is 0 Å². The average Bonchev–Trinajstić information content (AvgIpc) is 2.96. The highest BCUT2D eigenvalue weighted by molar-refractivity contribution is 5.84. The van der Waals surface area contributed by atoms with Gasteiger partial charge >= 0.3 is 0 Å². The Labute approximate surface area is 108 Å². The van der Waals surface area contributed by atoms with E-state index in [9.17, 15) is 4.79 Å². The molecule has 2 saturated heterocycles. The lowest BCUT2D eigenvalue weighted by molar-refractivity contribution is -0.123. The normalized spacial score (nSPS) is 29.8. The fraction of sp³-hybridized carbons (Fsp3) is 0.562. The van der Waals surface area contributed by atoms with Crippen LogP contribution in [0, 0.1) is 19.8 Å². The van der Waals surface area contributed by atoms with Crippen molar-refractivity contribution in [2.75, 3.05) is 0 Å². The van der Waals surface area contributed by atoms with Crippen molar-refractivity contribution in [2.45, 2.75) is 51.7 Å². The number of aryl methyl sites for hydroxylation is 2. The molecule has 0 aromatic heterocycles. The van der Waals surface area contributed by atoms with Gasteiger partial charge in [0, 0.05) is 12.3 Å². The van der Waals surface area contributed by atoms with E-state index in [1.54, 1.807) is 0 Å². The first-order valence-electron chi connectivity index (χ1n) is 6.88. The Bertz CT molecular complexity index is 478. The molecule has 2 fully saturated rings. The molecule has 0 N–H and O–H groups in total. The molecule has 18 heavy (non-hydrogen) atoms. The minimum Gasteiger partial charge on any atom is -0.374 e. The molecule has 2 aliphatic heterocycles. The Kier molecular flexibility index (Phi) is 2.98. The molecule has 2 heteroatoms. The molecule has 2 nitrogen and oxygen atoms in total. The Morgan fingerprint density at radius 1 is 1.33 bits per heavy atom. The molecule has 0 amide bonds. The van der Waals surface area contributed by atoms with Crippen LogP contribution in [0.25, 0.3) is 0 Å². The molecule has 2 heterocycles. The fourth-order valence-electron chi connectivity index (χ4n) is 3.29. The van der Waals surface area contributed by atoms with Gasteiger partial charge in [-0.1, -0.05) is 23.8 Å². The molecule has 96 valence electrons. The number of rotatable bonds is 3. The largest absolute Gasteiger partial charge is 0.374 e. The number of fused-ring (bicyclic) bond motifs is 2. The third-order valence-electron chi connectivity index (χ3n) is 4.39. The van der Waals surface area contributed by atoms with Gasteiger partial charge in [0.2, 0.25) is 0 Å². The van der Waals surface area contributed by atoms with Gasteiger partial charge in [0.25, 0.3) is 0 Å². The van der Waals surface area contributed by atoms with Crippen LogP contribution >= 0.6 is 0 Å². The van der Waals surface area contributed by atoms with E-state index >= 15 is 0 Å². The second-order valence-corrected chi connectivity index (χ2v) is 5.79. The maximum absolute atomic E-state index is 12.4. The van der Waals surface area contributed by atoms with Gasteiger partial charge in [0.15, 0.2) is 0 Å². The molecule has 0 saturated carbocycles. The highest BCUT2D eigenvalue weighted by Gasteiger charge is 2.43. The molecule has 0 aliphatic carbocycles. The summed E-state index contributed by atoms with van der Waals surface area (Å²) in [4.78, 5) is 12.4. The van der Waals surface area contributed by atoms with E-state index in [1.807, 2.05) is 0 Å². The maximum Gasteiger partial charge on any atom is 0.143 e. The number of ether oxygens (including phenoxy) is 1. The van der Waals surface area contributed by atoms with Crippen LogP contribution in [-0.4, -0.2) is 18.0 Å². The minimum absolute atomic E-state index is 0.156. The third-order valence-corrected chi connectivity index (χ3v) is 4.39. The van der Waals surface area contributed by atoms with Gasteiger partial charge in [-0.05, 0) is 44.2 Å². The highest BCUT2D eigenvalue weighted by atomic mass is 16.5. The van der Waals surface area contributed by atoms with Crippen molar-refractivity contribution < 1.29 is 9.53 Å². The average molecular weight is 244 g/mol. The van der Waals surface area contributed by atoms with Crippen LogP contribution in [0.1, 0.15) is 36.0 Å². The minimum atomic E-state index is 0.156. The van der Waals surface area contributed by atoms with Crippen LogP contribution in [-0.2, 0) is 16.0 Å². The molecule has 2 aliphatic rings. The summed E-state index contributed by atoms with van der Waals surface area (Å²) >= 11 is 0. The predicted molar refractivity (Wildman–Crippen MR) is 70.6 cm³/mol. The first-order chi connectivity index (χ1) is 8.63. The smallest absolute Gasteiger partial charge is 0.143 e. The lowest BCUT2D eigenvalue weighted by atomic mass is 9.83. The topological polar surface area (TPSA) is 26.3 Å². The van der Waals surface area contributed by atoms with E-state index in [2.05, 4.69) is 32.0 Å². The van der Waals surface area contributed by atoms with Gasteiger partial charge < -0.3 is 4.74 Å². The van der Waals surface area contributed by atoms with Crippen molar-refractivity contribution in [3.05, 3.63) is 34.9 Å². The first kappa shape index (κ1) is 11.9. The Morgan fingerprint density at radius 3 is 2.83 bits per heavy atom. The lowest BCUT2D eigenvalue weighted by Gasteiger charge is -2.17. The summed E-state index contributed by atoms with van der Waals surface area (Å²) in [6, 6.07) is 6.35. The quantitative estimate of drug-likeness (QED) is 0.817.